The van der Waals surface area contributed by atoms with Crippen LogP contribution in [-0.2, 0) is 9.31 Å². The van der Waals surface area contributed by atoms with Gasteiger partial charge in [-0.3, -0.25) is 0 Å². The van der Waals surface area contributed by atoms with Crippen LogP contribution in [0, 0.1) is 0 Å². The van der Waals surface area contributed by atoms with Gasteiger partial charge >= 0.3 is 7.12 Å². The molecule has 0 N–H and O–H groups in total. The van der Waals surface area contributed by atoms with Gasteiger partial charge in [-0.2, -0.15) is 0 Å². The van der Waals surface area contributed by atoms with Gasteiger partial charge in [0.2, 0.25) is 0 Å². The molecule has 0 spiro atoms. The van der Waals surface area contributed by atoms with Gasteiger partial charge < -0.3 is 14.0 Å². The fourth-order valence-corrected chi connectivity index (χ4v) is 3.46. The fourth-order valence-electron chi connectivity index (χ4n) is 3.29. The highest BCUT2D eigenvalue weighted by Gasteiger charge is 2.53. The van der Waals surface area contributed by atoms with Crippen molar-refractivity contribution in [3.8, 4) is 5.75 Å². The van der Waals surface area contributed by atoms with Crippen LogP contribution in [0.25, 0.3) is 5.57 Å². The molecule has 2 heterocycles. The average molecular weight is 331 g/mol. The monoisotopic (exact) mass is 330 g/mol. The molecular formula is C18H20BClO3. The van der Waals surface area contributed by atoms with Gasteiger partial charge in [0.1, 0.15) is 11.9 Å². The number of ether oxygens (including phenoxy) is 1. The van der Waals surface area contributed by atoms with E-state index in [1.165, 1.54) is 0 Å². The second kappa shape index (κ2) is 4.89. The van der Waals surface area contributed by atoms with Gasteiger partial charge in [-0.15, -0.1) is 0 Å². The zero-order valence-electron chi connectivity index (χ0n) is 13.9. The van der Waals surface area contributed by atoms with Crippen LogP contribution in [0.2, 0.25) is 5.02 Å². The summed E-state index contributed by atoms with van der Waals surface area (Å²) in [5.41, 5.74) is 2.61. The fraction of sp³-hybridized carbons (Fsp3) is 0.444. The summed E-state index contributed by atoms with van der Waals surface area (Å²) in [6, 6.07) is 5.81. The third kappa shape index (κ3) is 2.27. The highest BCUT2D eigenvalue weighted by Crippen LogP contribution is 2.47. The quantitative estimate of drug-likeness (QED) is 0.712. The smallest absolute Gasteiger partial charge is 0.485 e. The van der Waals surface area contributed by atoms with E-state index < -0.39 is 0 Å². The van der Waals surface area contributed by atoms with Crippen molar-refractivity contribution in [1.82, 2.24) is 0 Å². The molecule has 1 aromatic rings. The summed E-state index contributed by atoms with van der Waals surface area (Å²) in [4.78, 5) is 0. The summed E-state index contributed by atoms with van der Waals surface area (Å²) in [5.74, 6) is 0.843. The van der Waals surface area contributed by atoms with Crippen molar-refractivity contribution in [3.05, 3.63) is 46.4 Å². The highest BCUT2D eigenvalue weighted by atomic mass is 35.5. The Morgan fingerprint density at radius 1 is 1.13 bits per heavy atom. The molecule has 120 valence electrons. The van der Waals surface area contributed by atoms with Crippen LogP contribution in [0.5, 0.6) is 5.75 Å². The number of hydrogen-bond acceptors (Lipinski definition) is 3. The second-order valence-electron chi connectivity index (χ2n) is 7.34. The molecule has 3 nitrogen and oxygen atoms in total. The van der Waals surface area contributed by atoms with Crippen LogP contribution in [0.1, 0.15) is 39.7 Å². The number of hydrogen-bond donors (Lipinski definition) is 0. The predicted octanol–water partition coefficient (Wildman–Crippen LogP) is 4.45. The lowest BCUT2D eigenvalue weighted by Gasteiger charge is -2.32. The van der Waals surface area contributed by atoms with Crippen molar-refractivity contribution >= 4 is 24.3 Å². The minimum Gasteiger partial charge on any atom is -0.485 e. The van der Waals surface area contributed by atoms with E-state index in [9.17, 15) is 0 Å². The molecule has 1 aliphatic carbocycles. The number of rotatable bonds is 1. The standard InChI is InChI=1S/C18H20BClO3/c1-17(2)18(3,4)23-19(22-17)13-6-5-7-14-16(13)12-9-8-11(20)10-15(12)21-14/h5-6,8-10,14H,7H2,1-4H3. The summed E-state index contributed by atoms with van der Waals surface area (Å²) in [7, 11) is -0.376. The Morgan fingerprint density at radius 2 is 1.83 bits per heavy atom. The van der Waals surface area contributed by atoms with Gasteiger partial charge in [0.05, 0.1) is 11.2 Å². The maximum absolute atomic E-state index is 6.24. The summed E-state index contributed by atoms with van der Waals surface area (Å²) in [5, 5.41) is 0.688. The Hall–Kier alpha value is -1.23. The second-order valence-corrected chi connectivity index (χ2v) is 7.78. The first-order valence-electron chi connectivity index (χ1n) is 8.01. The number of benzene rings is 1. The maximum Gasteiger partial charge on any atom is 0.495 e. The Labute approximate surface area is 142 Å². The molecule has 2 aliphatic heterocycles. The molecule has 1 aromatic carbocycles. The predicted molar refractivity (Wildman–Crippen MR) is 92.6 cm³/mol. The minimum absolute atomic E-state index is 0.0162. The van der Waals surface area contributed by atoms with E-state index in [1.807, 2.05) is 18.2 Å². The number of halogens is 1. The van der Waals surface area contributed by atoms with Crippen molar-refractivity contribution in [2.45, 2.75) is 51.4 Å². The molecule has 23 heavy (non-hydrogen) atoms. The molecule has 4 rings (SSSR count). The van der Waals surface area contributed by atoms with Crippen molar-refractivity contribution in [2.75, 3.05) is 0 Å². The molecule has 1 unspecified atom stereocenters. The number of allylic oxidation sites excluding steroid dienone is 2. The SMILES string of the molecule is CC1(C)OB(C2=C3c4ccc(Cl)cc4OC3CC=C2)OC1(C)C. The third-order valence-electron chi connectivity index (χ3n) is 5.29. The van der Waals surface area contributed by atoms with Crippen molar-refractivity contribution < 1.29 is 14.0 Å². The van der Waals surface area contributed by atoms with Crippen LogP contribution in [0.3, 0.4) is 0 Å². The Bertz CT molecular complexity index is 720. The van der Waals surface area contributed by atoms with Crippen LogP contribution in [0.4, 0.5) is 0 Å². The summed E-state index contributed by atoms with van der Waals surface area (Å²) >= 11 is 6.10. The molecule has 0 radical (unpaired) electrons. The zero-order chi connectivity index (χ0) is 16.4. The van der Waals surface area contributed by atoms with E-state index in [0.29, 0.717) is 5.02 Å². The van der Waals surface area contributed by atoms with E-state index in [4.69, 9.17) is 25.6 Å². The molecule has 0 aromatic heterocycles. The lowest BCUT2D eigenvalue weighted by atomic mass is 9.70. The number of fused-ring (bicyclic) bond motifs is 3. The first kappa shape index (κ1) is 15.3. The van der Waals surface area contributed by atoms with Gasteiger partial charge in [-0.1, -0.05) is 23.8 Å². The Balaban J connectivity index is 1.80. The van der Waals surface area contributed by atoms with Gasteiger partial charge in [0.25, 0.3) is 0 Å². The van der Waals surface area contributed by atoms with Gasteiger partial charge in [0.15, 0.2) is 0 Å². The van der Waals surface area contributed by atoms with Crippen molar-refractivity contribution in [1.29, 1.82) is 0 Å². The van der Waals surface area contributed by atoms with Crippen LogP contribution >= 0.6 is 11.6 Å². The van der Waals surface area contributed by atoms with Crippen LogP contribution in [0.15, 0.2) is 35.8 Å². The first-order chi connectivity index (χ1) is 10.8. The highest BCUT2D eigenvalue weighted by molar-refractivity contribution is 6.57. The lowest BCUT2D eigenvalue weighted by Crippen LogP contribution is -2.41. The van der Waals surface area contributed by atoms with Crippen LogP contribution < -0.4 is 4.74 Å². The molecule has 1 saturated heterocycles. The zero-order valence-corrected chi connectivity index (χ0v) is 14.6. The topological polar surface area (TPSA) is 27.7 Å². The molecule has 5 heteroatoms. The molecule has 1 fully saturated rings. The van der Waals surface area contributed by atoms with Gasteiger partial charge in [-0.05, 0) is 51.4 Å². The molecule has 3 aliphatic rings. The van der Waals surface area contributed by atoms with E-state index in [2.05, 4.69) is 39.8 Å². The van der Waals surface area contributed by atoms with E-state index in [-0.39, 0.29) is 24.4 Å². The Kier molecular flexibility index (Phi) is 3.25. The van der Waals surface area contributed by atoms with E-state index in [0.717, 1.165) is 28.8 Å². The van der Waals surface area contributed by atoms with Gasteiger partial charge in [-0.25, -0.2) is 0 Å². The normalized spacial score (nSPS) is 27.0. The largest absolute Gasteiger partial charge is 0.495 e. The van der Waals surface area contributed by atoms with Crippen molar-refractivity contribution in [3.63, 3.8) is 0 Å². The Morgan fingerprint density at radius 3 is 2.52 bits per heavy atom. The van der Waals surface area contributed by atoms with Crippen molar-refractivity contribution in [2.24, 2.45) is 0 Å². The van der Waals surface area contributed by atoms with E-state index in [1.54, 1.807) is 0 Å². The third-order valence-corrected chi connectivity index (χ3v) is 5.53. The summed E-state index contributed by atoms with van der Waals surface area (Å²) in [6.07, 6.45) is 5.11. The van der Waals surface area contributed by atoms with Gasteiger partial charge in [0, 0.05) is 22.6 Å². The molecule has 0 amide bonds. The minimum atomic E-state index is -0.376. The van der Waals surface area contributed by atoms with E-state index >= 15 is 0 Å². The average Bonchev–Trinajstić information content (AvgIpc) is 2.92. The molecule has 0 bridgehead atoms. The van der Waals surface area contributed by atoms with Crippen LogP contribution in [-0.4, -0.2) is 24.4 Å². The molecule has 1 atom stereocenters. The molecular weight excluding hydrogens is 310 g/mol. The summed E-state index contributed by atoms with van der Waals surface area (Å²) in [6.45, 7) is 8.28. The maximum atomic E-state index is 6.24. The summed E-state index contributed by atoms with van der Waals surface area (Å²) < 4.78 is 18.6. The molecule has 0 saturated carbocycles. The first-order valence-corrected chi connectivity index (χ1v) is 8.39. The lowest BCUT2D eigenvalue weighted by molar-refractivity contribution is 0.00578.